The highest BCUT2D eigenvalue weighted by molar-refractivity contribution is 6.30. The van der Waals surface area contributed by atoms with Crippen molar-refractivity contribution in [2.75, 3.05) is 7.11 Å². The lowest BCUT2D eigenvalue weighted by Crippen LogP contribution is -2.53. The average Bonchev–Trinajstić information content (AvgIpc) is 3.10. The largest absolute Gasteiger partial charge is 0.496 e. The van der Waals surface area contributed by atoms with Gasteiger partial charge in [-0.15, -0.1) is 0 Å². The van der Waals surface area contributed by atoms with Gasteiger partial charge in [0, 0.05) is 16.6 Å². The molecule has 1 aliphatic rings. The Kier molecular flexibility index (Phi) is 6.29. The molecule has 2 unspecified atom stereocenters. The normalized spacial score (nSPS) is 19.8. The van der Waals surface area contributed by atoms with Crippen LogP contribution in [0, 0.1) is 0 Å². The molecule has 0 fully saturated rings. The predicted octanol–water partition coefficient (Wildman–Crippen LogP) is 4.25. The lowest BCUT2D eigenvalue weighted by Gasteiger charge is -2.45. The molecule has 0 bridgehead atoms. The molecule has 0 spiro atoms. The van der Waals surface area contributed by atoms with Crippen molar-refractivity contribution in [2.45, 2.75) is 45.0 Å². The van der Waals surface area contributed by atoms with Gasteiger partial charge in [-0.1, -0.05) is 48.9 Å². The summed E-state index contributed by atoms with van der Waals surface area (Å²) in [6, 6.07) is 14.2. The first kappa shape index (κ1) is 22.0. The number of aliphatic hydroxyl groups is 1. The lowest BCUT2D eigenvalue weighted by atomic mass is 9.92. The van der Waals surface area contributed by atoms with E-state index in [0.29, 0.717) is 28.5 Å². The number of methoxy groups -OCH3 is 1. The second-order valence-corrected chi connectivity index (χ2v) is 7.96. The topological polar surface area (TPSA) is 82.0 Å². The minimum absolute atomic E-state index is 0.0288. The summed E-state index contributed by atoms with van der Waals surface area (Å²) in [5, 5.41) is 25.1. The van der Waals surface area contributed by atoms with Gasteiger partial charge in [-0.25, -0.2) is 4.79 Å². The number of nitrogens with one attached hydrogen (secondary N) is 1. The molecule has 0 saturated heterocycles. The summed E-state index contributed by atoms with van der Waals surface area (Å²) in [6.07, 6.45) is -0.606. The molecule has 0 radical (unpaired) electrons. The van der Waals surface area contributed by atoms with Gasteiger partial charge in [0.15, 0.2) is 0 Å². The molecular formula is C23H27ClN2O4. The lowest BCUT2D eigenvalue weighted by molar-refractivity contribution is -0.133. The van der Waals surface area contributed by atoms with E-state index in [1.165, 1.54) is 0 Å². The molecule has 0 aromatic heterocycles. The van der Waals surface area contributed by atoms with Gasteiger partial charge in [0.1, 0.15) is 23.2 Å². The van der Waals surface area contributed by atoms with E-state index in [9.17, 15) is 15.0 Å². The number of aliphatic hydroxyl groups excluding tert-OH is 1. The number of para-hydroxylation sites is 1. The van der Waals surface area contributed by atoms with Gasteiger partial charge in [0.2, 0.25) is 0 Å². The van der Waals surface area contributed by atoms with Gasteiger partial charge in [-0.2, -0.15) is 0 Å². The minimum Gasteiger partial charge on any atom is -0.496 e. The van der Waals surface area contributed by atoms with E-state index >= 15 is 0 Å². The molecule has 30 heavy (non-hydrogen) atoms. The van der Waals surface area contributed by atoms with Crippen LogP contribution in [-0.4, -0.2) is 34.2 Å². The summed E-state index contributed by atoms with van der Waals surface area (Å²) in [5.41, 5.74) is 0.761. The van der Waals surface area contributed by atoms with E-state index in [1.807, 2.05) is 49.9 Å². The van der Waals surface area contributed by atoms with Crippen molar-refractivity contribution in [1.29, 1.82) is 0 Å². The summed E-state index contributed by atoms with van der Waals surface area (Å²) in [5.74, 6) is -0.488. The van der Waals surface area contributed by atoms with Crippen LogP contribution < -0.4 is 10.1 Å². The van der Waals surface area contributed by atoms with Crippen LogP contribution in [0.3, 0.4) is 0 Å². The molecule has 2 aromatic carbocycles. The quantitative estimate of drug-likeness (QED) is 0.609. The molecule has 7 heteroatoms. The van der Waals surface area contributed by atoms with Crippen LogP contribution in [0.1, 0.15) is 44.4 Å². The monoisotopic (exact) mass is 430 g/mol. The predicted molar refractivity (Wildman–Crippen MR) is 116 cm³/mol. The number of aliphatic carboxylic acids is 1. The highest BCUT2D eigenvalue weighted by Gasteiger charge is 2.51. The second kappa shape index (κ2) is 8.58. The number of nitrogens with zero attached hydrogens (tertiary/aromatic N) is 1. The fourth-order valence-electron chi connectivity index (χ4n) is 4.24. The Morgan fingerprint density at radius 3 is 2.37 bits per heavy atom. The molecule has 0 amide bonds. The molecule has 0 aliphatic carbocycles. The van der Waals surface area contributed by atoms with Crippen LogP contribution in [0.2, 0.25) is 5.02 Å². The molecule has 2 aromatic rings. The Hall–Kier alpha value is -2.70. The maximum absolute atomic E-state index is 12.2. The maximum Gasteiger partial charge on any atom is 0.353 e. The Balaban J connectivity index is 2.22. The van der Waals surface area contributed by atoms with E-state index in [2.05, 4.69) is 5.32 Å². The number of carboxylic acid groups (broad SMARTS) is 1. The highest BCUT2D eigenvalue weighted by atomic mass is 35.5. The molecule has 3 N–H and O–H groups in total. The number of carbonyl (C=O) groups is 1. The molecule has 0 saturated carbocycles. The summed E-state index contributed by atoms with van der Waals surface area (Å²) in [4.78, 5) is 14.2. The van der Waals surface area contributed by atoms with E-state index < -0.39 is 17.7 Å². The Labute approximate surface area is 181 Å². The van der Waals surface area contributed by atoms with Gasteiger partial charge in [-0.3, -0.25) is 0 Å². The second-order valence-electron chi connectivity index (χ2n) is 7.52. The maximum atomic E-state index is 12.2. The minimum atomic E-state index is -1.15. The van der Waals surface area contributed by atoms with Gasteiger partial charge >= 0.3 is 5.97 Å². The van der Waals surface area contributed by atoms with Crippen molar-refractivity contribution in [3.05, 3.63) is 76.1 Å². The fraction of sp³-hybridized carbons (Fsp3) is 0.348. The van der Waals surface area contributed by atoms with Crippen LogP contribution in [0.15, 0.2) is 59.9 Å². The third-order valence-electron chi connectivity index (χ3n) is 5.50. The first-order valence-electron chi connectivity index (χ1n) is 9.88. The standard InChI is InChI=1S/C23H27ClN2O4/c1-5-23(17-8-6-7-9-18(17)30-4)25-19(22(28)29)20(26(23)14(2)3)21(27)15-10-12-16(24)13-11-15/h6-14,21,25,27H,5H2,1-4H3,(H,28,29). The van der Waals surface area contributed by atoms with Gasteiger partial charge in [0.25, 0.3) is 0 Å². The SMILES string of the molecule is CCC1(c2ccccc2OC)NC(C(=O)O)=C(C(O)c2ccc(Cl)cc2)N1C(C)C. The van der Waals surface area contributed by atoms with E-state index in [4.69, 9.17) is 16.3 Å². The Morgan fingerprint density at radius 2 is 1.83 bits per heavy atom. The van der Waals surface area contributed by atoms with Gasteiger partial charge < -0.3 is 25.2 Å². The van der Waals surface area contributed by atoms with Crippen molar-refractivity contribution in [3.8, 4) is 5.75 Å². The molecule has 2 atom stereocenters. The molecule has 6 nitrogen and oxygen atoms in total. The van der Waals surface area contributed by atoms with Crippen LogP contribution in [0.25, 0.3) is 0 Å². The van der Waals surface area contributed by atoms with Crippen LogP contribution in [0.5, 0.6) is 5.75 Å². The van der Waals surface area contributed by atoms with Gasteiger partial charge in [-0.05, 0) is 44.0 Å². The number of hydrogen-bond donors (Lipinski definition) is 3. The average molecular weight is 431 g/mol. The number of benzene rings is 2. The fourth-order valence-corrected chi connectivity index (χ4v) is 4.37. The number of halogens is 1. The number of carboxylic acids is 1. The molecule has 1 heterocycles. The van der Waals surface area contributed by atoms with E-state index in [1.54, 1.807) is 31.4 Å². The zero-order valence-corrected chi connectivity index (χ0v) is 18.3. The first-order valence-corrected chi connectivity index (χ1v) is 10.3. The number of ether oxygens (including phenoxy) is 1. The zero-order chi connectivity index (χ0) is 22.1. The van der Waals surface area contributed by atoms with Crippen LogP contribution in [-0.2, 0) is 10.5 Å². The summed E-state index contributed by atoms with van der Waals surface area (Å²) >= 11 is 5.99. The molecule has 3 rings (SSSR count). The summed E-state index contributed by atoms with van der Waals surface area (Å²) in [6.45, 7) is 5.92. The van der Waals surface area contributed by atoms with Crippen molar-refractivity contribution >= 4 is 17.6 Å². The van der Waals surface area contributed by atoms with Gasteiger partial charge in [0.05, 0.1) is 12.8 Å². The van der Waals surface area contributed by atoms with Crippen molar-refractivity contribution in [2.24, 2.45) is 0 Å². The van der Waals surface area contributed by atoms with Crippen LogP contribution >= 0.6 is 11.6 Å². The molecule has 1 aliphatic heterocycles. The Bertz CT molecular complexity index is 958. The summed E-state index contributed by atoms with van der Waals surface area (Å²) in [7, 11) is 1.59. The Morgan fingerprint density at radius 1 is 1.20 bits per heavy atom. The zero-order valence-electron chi connectivity index (χ0n) is 17.5. The van der Waals surface area contributed by atoms with Crippen LogP contribution in [0.4, 0.5) is 0 Å². The van der Waals surface area contributed by atoms with E-state index in [-0.39, 0.29) is 11.7 Å². The third-order valence-corrected chi connectivity index (χ3v) is 5.75. The van der Waals surface area contributed by atoms with Crippen molar-refractivity contribution in [1.82, 2.24) is 10.2 Å². The third kappa shape index (κ3) is 3.61. The first-order chi connectivity index (χ1) is 14.3. The smallest absolute Gasteiger partial charge is 0.353 e. The van der Waals surface area contributed by atoms with Crippen molar-refractivity contribution < 1.29 is 19.7 Å². The number of hydrogen-bond acceptors (Lipinski definition) is 5. The molecule has 160 valence electrons. The highest BCUT2D eigenvalue weighted by Crippen LogP contribution is 2.47. The number of rotatable bonds is 7. The molecular weight excluding hydrogens is 404 g/mol. The van der Waals surface area contributed by atoms with E-state index in [0.717, 1.165) is 5.56 Å². The summed E-state index contributed by atoms with van der Waals surface area (Å²) < 4.78 is 5.59. The van der Waals surface area contributed by atoms with Crippen molar-refractivity contribution in [3.63, 3.8) is 0 Å².